The van der Waals surface area contributed by atoms with Gasteiger partial charge in [0.2, 0.25) is 6.79 Å². The standard InChI is InChI=1S/C28H30FN3O3/c1-19-2-3-20(14-25(19)29)16-30-23-10-12-32(13-11-23)24-7-5-22(6-8-24)28(33)31-17-21-4-9-26-27(15-21)35-18-34-26/h2-9,14-15,23,30H,10-13,16-18H2,1H3,(H,31,33). The molecule has 0 unspecified atom stereocenters. The van der Waals surface area contributed by atoms with Crippen molar-refractivity contribution in [3.05, 3.63) is 88.7 Å². The van der Waals surface area contributed by atoms with Gasteiger partial charge in [0, 0.05) is 43.5 Å². The van der Waals surface area contributed by atoms with Crippen molar-refractivity contribution >= 4 is 11.6 Å². The molecule has 1 amide bonds. The van der Waals surface area contributed by atoms with Gasteiger partial charge in [0.15, 0.2) is 11.5 Å². The molecule has 6 nitrogen and oxygen atoms in total. The molecule has 5 rings (SSSR count). The van der Waals surface area contributed by atoms with Crippen LogP contribution in [0.15, 0.2) is 60.7 Å². The predicted octanol–water partition coefficient (Wildman–Crippen LogP) is 4.55. The molecule has 2 aliphatic rings. The SMILES string of the molecule is Cc1ccc(CNC2CCN(c3ccc(C(=O)NCc4ccc5c(c4)OCO5)cc3)CC2)cc1F. The number of anilines is 1. The van der Waals surface area contributed by atoms with Crippen molar-refractivity contribution in [1.29, 1.82) is 0 Å². The fourth-order valence-corrected chi connectivity index (χ4v) is 4.51. The van der Waals surface area contributed by atoms with Crippen LogP contribution in [0, 0.1) is 12.7 Å². The van der Waals surface area contributed by atoms with Crippen LogP contribution in [-0.4, -0.2) is 31.8 Å². The van der Waals surface area contributed by atoms with Crippen LogP contribution in [0.2, 0.25) is 0 Å². The summed E-state index contributed by atoms with van der Waals surface area (Å²) in [5, 5.41) is 6.53. The van der Waals surface area contributed by atoms with E-state index < -0.39 is 0 Å². The van der Waals surface area contributed by atoms with Crippen LogP contribution in [0.5, 0.6) is 11.5 Å². The maximum Gasteiger partial charge on any atom is 0.251 e. The van der Waals surface area contributed by atoms with Gasteiger partial charge in [0.25, 0.3) is 5.91 Å². The Labute approximate surface area is 205 Å². The zero-order valence-corrected chi connectivity index (χ0v) is 19.9. The molecule has 2 heterocycles. The topological polar surface area (TPSA) is 62.8 Å². The number of halogens is 1. The zero-order valence-electron chi connectivity index (χ0n) is 19.9. The Morgan fingerprint density at radius 2 is 1.66 bits per heavy atom. The third-order valence-corrected chi connectivity index (χ3v) is 6.71. The van der Waals surface area contributed by atoms with E-state index in [1.54, 1.807) is 13.0 Å². The van der Waals surface area contributed by atoms with Crippen molar-refractivity contribution in [1.82, 2.24) is 10.6 Å². The minimum atomic E-state index is -0.149. The van der Waals surface area contributed by atoms with E-state index in [2.05, 4.69) is 15.5 Å². The Hall–Kier alpha value is -3.58. The normalized spacial score (nSPS) is 15.3. The summed E-state index contributed by atoms with van der Waals surface area (Å²) in [7, 11) is 0. The molecular formula is C28H30FN3O3. The number of carbonyl (C=O) groups excluding carboxylic acids is 1. The fourth-order valence-electron chi connectivity index (χ4n) is 4.51. The maximum absolute atomic E-state index is 13.8. The highest BCUT2D eigenvalue weighted by Crippen LogP contribution is 2.32. The van der Waals surface area contributed by atoms with E-state index >= 15 is 0 Å². The molecule has 3 aromatic rings. The summed E-state index contributed by atoms with van der Waals surface area (Å²) in [6, 6.07) is 19.3. The number of rotatable bonds is 7. The Morgan fingerprint density at radius 3 is 2.43 bits per heavy atom. The second-order valence-electron chi connectivity index (χ2n) is 9.14. The van der Waals surface area contributed by atoms with Crippen LogP contribution < -0.4 is 25.0 Å². The molecule has 182 valence electrons. The molecule has 0 aliphatic carbocycles. The second kappa shape index (κ2) is 10.4. The number of ether oxygens (including phenoxy) is 2. The molecule has 7 heteroatoms. The summed E-state index contributed by atoms with van der Waals surface area (Å²) in [5.41, 5.74) is 4.37. The van der Waals surface area contributed by atoms with Crippen LogP contribution in [0.3, 0.4) is 0 Å². The van der Waals surface area contributed by atoms with Crippen molar-refractivity contribution in [3.63, 3.8) is 0 Å². The van der Waals surface area contributed by atoms with Crippen molar-refractivity contribution in [2.24, 2.45) is 0 Å². The fraction of sp³-hybridized carbons (Fsp3) is 0.321. The van der Waals surface area contributed by atoms with Crippen molar-refractivity contribution in [3.8, 4) is 11.5 Å². The molecule has 0 spiro atoms. The molecule has 1 fully saturated rings. The number of piperidine rings is 1. The van der Waals surface area contributed by atoms with Gasteiger partial charge in [-0.15, -0.1) is 0 Å². The number of nitrogens with one attached hydrogen (secondary N) is 2. The predicted molar refractivity (Wildman–Crippen MR) is 133 cm³/mol. The second-order valence-corrected chi connectivity index (χ2v) is 9.14. The number of hydrogen-bond acceptors (Lipinski definition) is 5. The molecule has 0 radical (unpaired) electrons. The highest BCUT2D eigenvalue weighted by Gasteiger charge is 2.20. The van der Waals surface area contributed by atoms with Crippen molar-refractivity contribution < 1.29 is 18.7 Å². The molecule has 1 saturated heterocycles. The lowest BCUT2D eigenvalue weighted by Gasteiger charge is -2.34. The van der Waals surface area contributed by atoms with Crippen molar-refractivity contribution in [2.45, 2.75) is 38.9 Å². The number of aryl methyl sites for hydroxylation is 1. The summed E-state index contributed by atoms with van der Waals surface area (Å²) in [6.45, 7) is 5.00. The third kappa shape index (κ3) is 5.57. The van der Waals surface area contributed by atoms with Gasteiger partial charge in [-0.1, -0.05) is 18.2 Å². The summed E-state index contributed by atoms with van der Waals surface area (Å²) in [4.78, 5) is 14.9. The first kappa shape index (κ1) is 23.2. The smallest absolute Gasteiger partial charge is 0.251 e. The summed E-state index contributed by atoms with van der Waals surface area (Å²) < 4.78 is 24.5. The van der Waals surface area contributed by atoms with Gasteiger partial charge in [-0.3, -0.25) is 4.79 Å². The Morgan fingerprint density at radius 1 is 0.943 bits per heavy atom. The van der Waals surface area contributed by atoms with Crippen LogP contribution in [0.25, 0.3) is 0 Å². The molecule has 35 heavy (non-hydrogen) atoms. The first-order chi connectivity index (χ1) is 17.0. The number of carbonyl (C=O) groups is 1. The maximum atomic E-state index is 13.8. The van der Waals surface area contributed by atoms with Gasteiger partial charge in [0.05, 0.1) is 0 Å². The number of fused-ring (bicyclic) bond motifs is 1. The molecule has 2 aliphatic heterocycles. The van der Waals surface area contributed by atoms with Gasteiger partial charge in [-0.2, -0.15) is 0 Å². The summed E-state index contributed by atoms with van der Waals surface area (Å²) in [6.07, 6.45) is 2.04. The van der Waals surface area contributed by atoms with Crippen LogP contribution >= 0.6 is 0 Å². The van der Waals surface area contributed by atoms with Crippen LogP contribution in [-0.2, 0) is 13.1 Å². The first-order valence-corrected chi connectivity index (χ1v) is 12.1. The quantitative estimate of drug-likeness (QED) is 0.525. The van der Waals surface area contributed by atoms with Crippen LogP contribution in [0.4, 0.5) is 10.1 Å². The number of benzene rings is 3. The number of nitrogens with zero attached hydrogens (tertiary/aromatic N) is 1. The van der Waals surface area contributed by atoms with Gasteiger partial charge >= 0.3 is 0 Å². The molecule has 0 saturated carbocycles. The van der Waals surface area contributed by atoms with E-state index in [1.165, 1.54) is 0 Å². The van der Waals surface area contributed by atoms with Crippen molar-refractivity contribution in [2.75, 3.05) is 24.8 Å². The average Bonchev–Trinajstić information content (AvgIpc) is 3.36. The van der Waals surface area contributed by atoms with Gasteiger partial charge in [0.1, 0.15) is 5.82 Å². The van der Waals surface area contributed by atoms with Gasteiger partial charge in [-0.25, -0.2) is 4.39 Å². The zero-order chi connectivity index (χ0) is 24.2. The third-order valence-electron chi connectivity index (χ3n) is 6.71. The largest absolute Gasteiger partial charge is 0.454 e. The Balaban J connectivity index is 1.08. The highest BCUT2D eigenvalue weighted by molar-refractivity contribution is 5.94. The first-order valence-electron chi connectivity index (χ1n) is 12.1. The minimum Gasteiger partial charge on any atom is -0.454 e. The molecule has 0 atom stereocenters. The lowest BCUT2D eigenvalue weighted by Crippen LogP contribution is -2.42. The summed E-state index contributed by atoms with van der Waals surface area (Å²) in [5.74, 6) is 1.19. The van der Waals surface area contributed by atoms with E-state index in [-0.39, 0.29) is 18.5 Å². The van der Waals surface area contributed by atoms with E-state index in [1.807, 2.05) is 54.6 Å². The molecule has 3 aromatic carbocycles. The van der Waals surface area contributed by atoms with Gasteiger partial charge in [-0.05, 0) is 78.9 Å². The van der Waals surface area contributed by atoms with E-state index in [9.17, 15) is 9.18 Å². The highest BCUT2D eigenvalue weighted by atomic mass is 19.1. The van der Waals surface area contributed by atoms with E-state index in [0.717, 1.165) is 48.5 Å². The molecule has 0 aromatic heterocycles. The number of hydrogen-bond donors (Lipinski definition) is 2. The van der Waals surface area contributed by atoms with E-state index in [4.69, 9.17) is 9.47 Å². The van der Waals surface area contributed by atoms with E-state index in [0.29, 0.717) is 36.0 Å². The minimum absolute atomic E-state index is 0.107. The number of amides is 1. The summed E-state index contributed by atoms with van der Waals surface area (Å²) >= 11 is 0. The van der Waals surface area contributed by atoms with Crippen LogP contribution in [0.1, 0.15) is 39.9 Å². The monoisotopic (exact) mass is 475 g/mol. The van der Waals surface area contributed by atoms with Gasteiger partial charge < -0.3 is 25.0 Å². The Kier molecular flexibility index (Phi) is 6.86. The Bertz CT molecular complexity index is 1190. The lowest BCUT2D eigenvalue weighted by molar-refractivity contribution is 0.0951. The molecule has 2 N–H and O–H groups in total. The molecular weight excluding hydrogens is 445 g/mol. The molecule has 0 bridgehead atoms. The average molecular weight is 476 g/mol. The lowest BCUT2D eigenvalue weighted by atomic mass is 10.0.